The highest BCUT2D eigenvalue weighted by Gasteiger charge is 2.16. The number of pyridine rings is 1. The van der Waals surface area contributed by atoms with Crippen molar-refractivity contribution in [2.75, 3.05) is 0 Å². The molecule has 0 bridgehead atoms. The fourth-order valence-corrected chi connectivity index (χ4v) is 1.54. The van der Waals surface area contributed by atoms with Crippen molar-refractivity contribution in [3.05, 3.63) is 29.6 Å². The predicted molar refractivity (Wildman–Crippen MR) is 61.8 cm³/mol. The van der Waals surface area contributed by atoms with Gasteiger partial charge in [-0.3, -0.25) is 4.98 Å². The second-order valence-corrected chi connectivity index (χ2v) is 4.87. The van der Waals surface area contributed by atoms with Gasteiger partial charge >= 0.3 is 5.97 Å². The van der Waals surface area contributed by atoms with Crippen molar-refractivity contribution in [3.63, 3.8) is 0 Å². The van der Waals surface area contributed by atoms with Gasteiger partial charge in [-0.2, -0.15) is 0 Å². The normalized spacial score (nSPS) is 11.9. The summed E-state index contributed by atoms with van der Waals surface area (Å²) in [4.78, 5) is 18.1. The molecule has 0 aromatic carbocycles. The fourth-order valence-electron chi connectivity index (χ4n) is 1.54. The zero-order valence-electron chi connectivity index (χ0n) is 9.53. The number of fused-ring (bicyclic) bond motifs is 1. The van der Waals surface area contributed by atoms with E-state index in [1.165, 1.54) is 0 Å². The minimum absolute atomic E-state index is 0.0329. The Bertz CT molecular complexity index is 550. The van der Waals surface area contributed by atoms with E-state index in [-0.39, 0.29) is 11.1 Å². The number of aromatic amines is 1. The van der Waals surface area contributed by atoms with Crippen LogP contribution >= 0.6 is 0 Å². The van der Waals surface area contributed by atoms with E-state index in [1.807, 2.05) is 12.1 Å². The Morgan fingerprint density at radius 3 is 2.62 bits per heavy atom. The second kappa shape index (κ2) is 3.33. The third-order valence-electron chi connectivity index (χ3n) is 2.47. The van der Waals surface area contributed by atoms with E-state index in [0.717, 1.165) is 11.2 Å². The Morgan fingerprint density at radius 1 is 1.38 bits per heavy atom. The van der Waals surface area contributed by atoms with Gasteiger partial charge in [0.25, 0.3) is 0 Å². The first kappa shape index (κ1) is 10.7. The van der Waals surface area contributed by atoms with Crippen molar-refractivity contribution < 1.29 is 9.90 Å². The zero-order valence-corrected chi connectivity index (χ0v) is 9.53. The number of aromatic carboxylic acids is 1. The van der Waals surface area contributed by atoms with Gasteiger partial charge in [0.2, 0.25) is 0 Å². The van der Waals surface area contributed by atoms with Crippen LogP contribution in [0.3, 0.4) is 0 Å². The van der Waals surface area contributed by atoms with Gasteiger partial charge in [0.15, 0.2) is 0 Å². The van der Waals surface area contributed by atoms with Gasteiger partial charge in [-0.05, 0) is 18.2 Å². The first-order valence-corrected chi connectivity index (χ1v) is 5.11. The number of nitrogens with zero attached hydrogens (tertiary/aromatic N) is 1. The summed E-state index contributed by atoms with van der Waals surface area (Å²) in [6, 6.07) is 5.35. The van der Waals surface area contributed by atoms with Crippen LogP contribution in [0.4, 0.5) is 0 Å². The molecule has 2 heterocycles. The summed E-state index contributed by atoms with van der Waals surface area (Å²) < 4.78 is 0. The SMILES string of the molecule is CC(C)(C)c1ccc2[nH]c(C(=O)O)cc2n1. The molecule has 0 saturated carbocycles. The van der Waals surface area contributed by atoms with Gasteiger partial charge in [-0.1, -0.05) is 20.8 Å². The van der Waals surface area contributed by atoms with E-state index in [1.54, 1.807) is 6.07 Å². The summed E-state index contributed by atoms with van der Waals surface area (Å²) >= 11 is 0. The molecule has 0 fully saturated rings. The number of rotatable bonds is 1. The summed E-state index contributed by atoms with van der Waals surface area (Å²) in [7, 11) is 0. The van der Waals surface area contributed by atoms with E-state index in [0.29, 0.717) is 5.52 Å². The largest absolute Gasteiger partial charge is 0.477 e. The summed E-state index contributed by atoms with van der Waals surface area (Å²) in [6.07, 6.45) is 0. The number of carbonyl (C=O) groups is 1. The maximum atomic E-state index is 10.8. The first-order chi connectivity index (χ1) is 7.38. The molecule has 0 spiro atoms. The molecule has 0 aliphatic carbocycles. The summed E-state index contributed by atoms with van der Waals surface area (Å²) in [5.41, 5.74) is 2.55. The Balaban J connectivity index is 2.58. The average molecular weight is 218 g/mol. The lowest BCUT2D eigenvalue weighted by Gasteiger charge is -2.17. The third kappa shape index (κ3) is 1.78. The third-order valence-corrected chi connectivity index (χ3v) is 2.47. The highest BCUT2D eigenvalue weighted by atomic mass is 16.4. The van der Waals surface area contributed by atoms with Gasteiger partial charge in [0.05, 0.1) is 11.0 Å². The number of aromatic nitrogens is 2. The Kier molecular flexibility index (Phi) is 2.22. The fraction of sp³-hybridized carbons (Fsp3) is 0.333. The van der Waals surface area contributed by atoms with Crippen LogP contribution in [0.2, 0.25) is 0 Å². The van der Waals surface area contributed by atoms with E-state index >= 15 is 0 Å². The lowest BCUT2D eigenvalue weighted by Crippen LogP contribution is -2.12. The van der Waals surface area contributed by atoms with Crippen molar-refractivity contribution in [2.45, 2.75) is 26.2 Å². The lowest BCUT2D eigenvalue weighted by atomic mass is 9.91. The van der Waals surface area contributed by atoms with Gasteiger partial charge in [-0.15, -0.1) is 0 Å². The highest BCUT2D eigenvalue weighted by Crippen LogP contribution is 2.23. The van der Waals surface area contributed by atoms with Crippen LogP contribution in [0.15, 0.2) is 18.2 Å². The van der Waals surface area contributed by atoms with Crippen molar-refractivity contribution in [2.24, 2.45) is 0 Å². The van der Waals surface area contributed by atoms with Crippen LogP contribution in [0.5, 0.6) is 0 Å². The quantitative estimate of drug-likeness (QED) is 0.773. The molecule has 0 amide bonds. The predicted octanol–water partition coefficient (Wildman–Crippen LogP) is 2.56. The molecule has 2 aromatic rings. The Morgan fingerprint density at radius 2 is 2.06 bits per heavy atom. The molecule has 2 N–H and O–H groups in total. The number of carboxylic acid groups (broad SMARTS) is 1. The Hall–Kier alpha value is -1.84. The minimum Gasteiger partial charge on any atom is -0.477 e. The second-order valence-electron chi connectivity index (χ2n) is 4.87. The monoisotopic (exact) mass is 218 g/mol. The van der Waals surface area contributed by atoms with Crippen molar-refractivity contribution in [3.8, 4) is 0 Å². The molecule has 0 atom stereocenters. The molecule has 4 heteroatoms. The van der Waals surface area contributed by atoms with Crippen LogP contribution in [-0.2, 0) is 5.41 Å². The van der Waals surface area contributed by atoms with Crippen LogP contribution in [0, 0.1) is 0 Å². The molecule has 2 aromatic heterocycles. The van der Waals surface area contributed by atoms with Gasteiger partial charge in [0.1, 0.15) is 5.69 Å². The zero-order chi connectivity index (χ0) is 11.9. The number of H-pyrrole nitrogens is 1. The molecule has 0 aliphatic heterocycles. The molecular weight excluding hydrogens is 204 g/mol. The van der Waals surface area contributed by atoms with Gasteiger partial charge in [0, 0.05) is 11.1 Å². The number of carboxylic acids is 1. The molecule has 0 saturated heterocycles. The van der Waals surface area contributed by atoms with Crippen LogP contribution in [0.25, 0.3) is 11.0 Å². The number of nitrogens with one attached hydrogen (secondary N) is 1. The van der Waals surface area contributed by atoms with Crippen molar-refractivity contribution >= 4 is 17.0 Å². The summed E-state index contributed by atoms with van der Waals surface area (Å²) in [5.74, 6) is -0.963. The smallest absolute Gasteiger partial charge is 0.352 e. The van der Waals surface area contributed by atoms with E-state index in [2.05, 4.69) is 30.7 Å². The standard InChI is InChI=1S/C12H14N2O2/c1-12(2,3)10-5-4-7-8(14-10)6-9(13-7)11(15)16/h4-6,13H,1-3H3,(H,15,16). The minimum atomic E-state index is -0.963. The van der Waals surface area contributed by atoms with E-state index in [4.69, 9.17) is 5.11 Å². The number of hydrogen-bond donors (Lipinski definition) is 2. The molecule has 16 heavy (non-hydrogen) atoms. The maximum Gasteiger partial charge on any atom is 0.352 e. The maximum absolute atomic E-state index is 10.8. The molecule has 0 aliphatic rings. The van der Waals surface area contributed by atoms with Crippen LogP contribution in [0.1, 0.15) is 37.0 Å². The van der Waals surface area contributed by atoms with Crippen LogP contribution in [-0.4, -0.2) is 21.0 Å². The molecule has 4 nitrogen and oxygen atoms in total. The summed E-state index contributed by atoms with van der Waals surface area (Å²) in [5, 5.41) is 8.86. The molecule has 84 valence electrons. The molecule has 0 unspecified atom stereocenters. The van der Waals surface area contributed by atoms with Crippen molar-refractivity contribution in [1.82, 2.24) is 9.97 Å². The van der Waals surface area contributed by atoms with Crippen molar-refractivity contribution in [1.29, 1.82) is 0 Å². The Labute approximate surface area is 93.3 Å². The van der Waals surface area contributed by atoms with E-state index in [9.17, 15) is 4.79 Å². The van der Waals surface area contributed by atoms with Gasteiger partial charge < -0.3 is 10.1 Å². The number of hydrogen-bond acceptors (Lipinski definition) is 2. The highest BCUT2D eigenvalue weighted by molar-refractivity contribution is 5.92. The lowest BCUT2D eigenvalue weighted by molar-refractivity contribution is 0.0691. The first-order valence-electron chi connectivity index (χ1n) is 5.11. The molecule has 2 rings (SSSR count). The summed E-state index contributed by atoms with van der Waals surface area (Å²) in [6.45, 7) is 6.23. The van der Waals surface area contributed by atoms with Gasteiger partial charge in [-0.25, -0.2) is 4.79 Å². The van der Waals surface area contributed by atoms with Crippen LogP contribution < -0.4 is 0 Å². The molecular formula is C12H14N2O2. The molecule has 0 radical (unpaired) electrons. The van der Waals surface area contributed by atoms with E-state index < -0.39 is 5.97 Å². The average Bonchev–Trinajstić information content (AvgIpc) is 2.58. The topological polar surface area (TPSA) is 66.0 Å².